The Labute approximate surface area is 147 Å². The van der Waals surface area contributed by atoms with E-state index < -0.39 is 10.8 Å². The second-order valence-electron chi connectivity index (χ2n) is 6.24. The van der Waals surface area contributed by atoms with Crippen LogP contribution in [-0.2, 0) is 5.60 Å². The minimum absolute atomic E-state index is 0.184. The van der Waals surface area contributed by atoms with Gasteiger partial charge in [-0.3, -0.25) is 4.90 Å². The summed E-state index contributed by atoms with van der Waals surface area (Å²) < 4.78 is 0. The molecule has 1 fully saturated rings. The molecule has 0 radical (unpaired) electrons. The number of likely N-dealkylation sites (tertiary alicyclic amines) is 1. The van der Waals surface area contributed by atoms with Gasteiger partial charge in [0.1, 0.15) is 0 Å². The van der Waals surface area contributed by atoms with Crippen LogP contribution in [0.25, 0.3) is 0 Å². The molecule has 3 rings (SSSR count). The Hall–Kier alpha value is -2.20. The third kappa shape index (κ3) is 4.07. The summed E-state index contributed by atoms with van der Waals surface area (Å²) in [4.78, 5) is 2.27. The van der Waals surface area contributed by atoms with Gasteiger partial charge in [-0.1, -0.05) is 42.2 Å². The van der Waals surface area contributed by atoms with Crippen LogP contribution in [0, 0.1) is 17.0 Å². The second kappa shape index (κ2) is 7.79. The van der Waals surface area contributed by atoms with E-state index in [1.807, 2.05) is 30.3 Å². The van der Waals surface area contributed by atoms with Crippen LogP contribution >= 0.6 is 0 Å². The van der Waals surface area contributed by atoms with E-state index in [0.717, 1.165) is 13.1 Å². The molecular weight excluding hydrogens is 316 g/mol. The molecular formula is C20H22N2O3. The largest absolute Gasteiger partial charge is 0.595 e. The number of nitrogens with zero attached hydrogens (tertiary/aromatic N) is 1. The quantitative estimate of drug-likeness (QED) is 0.583. The van der Waals surface area contributed by atoms with Crippen LogP contribution in [0.2, 0.25) is 0 Å². The SMILES string of the molecule is [O-][NH+](O)c1ccc(C(O)(C#CCN2CCCC2)c2ccccc2)cc1. The highest BCUT2D eigenvalue weighted by Crippen LogP contribution is 2.29. The number of hydrogen-bond donors (Lipinski definition) is 3. The van der Waals surface area contributed by atoms with E-state index in [9.17, 15) is 10.3 Å². The van der Waals surface area contributed by atoms with E-state index >= 15 is 0 Å². The van der Waals surface area contributed by atoms with Gasteiger partial charge in [0.15, 0.2) is 11.3 Å². The molecule has 1 aliphatic rings. The lowest BCUT2D eigenvalue weighted by Crippen LogP contribution is -2.99. The fourth-order valence-corrected chi connectivity index (χ4v) is 3.06. The molecule has 5 nitrogen and oxygen atoms in total. The highest BCUT2D eigenvalue weighted by atomic mass is 16.8. The Morgan fingerprint density at radius 1 is 1.00 bits per heavy atom. The van der Waals surface area contributed by atoms with Gasteiger partial charge in [-0.05, 0) is 38.1 Å². The summed E-state index contributed by atoms with van der Waals surface area (Å²) in [6.45, 7) is 2.72. The van der Waals surface area contributed by atoms with Crippen molar-refractivity contribution in [3.8, 4) is 11.8 Å². The fourth-order valence-electron chi connectivity index (χ4n) is 3.06. The number of rotatable bonds is 4. The summed E-state index contributed by atoms with van der Waals surface area (Å²) in [7, 11) is 0. The van der Waals surface area contributed by atoms with Crippen LogP contribution in [0.1, 0.15) is 24.0 Å². The summed E-state index contributed by atoms with van der Waals surface area (Å²) in [6, 6.07) is 15.5. The lowest BCUT2D eigenvalue weighted by Gasteiger charge is -2.24. The molecule has 0 aromatic heterocycles. The summed E-state index contributed by atoms with van der Waals surface area (Å²) in [5.41, 5.74) is -0.0355. The molecule has 0 bridgehead atoms. The molecule has 0 saturated carbocycles. The Morgan fingerprint density at radius 3 is 2.20 bits per heavy atom. The van der Waals surface area contributed by atoms with E-state index in [1.165, 1.54) is 25.0 Å². The number of aliphatic hydroxyl groups is 1. The normalized spacial score (nSPS) is 18.2. The third-order valence-electron chi connectivity index (χ3n) is 4.51. The smallest absolute Gasteiger partial charge is 0.176 e. The van der Waals surface area contributed by atoms with E-state index in [-0.39, 0.29) is 5.69 Å². The maximum atomic E-state index is 11.3. The lowest BCUT2D eigenvalue weighted by molar-refractivity contribution is -0.991. The van der Waals surface area contributed by atoms with Gasteiger partial charge in [0.25, 0.3) is 0 Å². The molecule has 2 atom stereocenters. The Balaban J connectivity index is 1.93. The molecule has 25 heavy (non-hydrogen) atoms. The van der Waals surface area contributed by atoms with Crippen molar-refractivity contribution < 1.29 is 15.5 Å². The average molecular weight is 338 g/mol. The zero-order valence-electron chi connectivity index (χ0n) is 14.0. The first-order valence-corrected chi connectivity index (χ1v) is 8.44. The summed E-state index contributed by atoms with van der Waals surface area (Å²) in [5, 5.41) is 30.4. The predicted molar refractivity (Wildman–Crippen MR) is 95.1 cm³/mol. The van der Waals surface area contributed by atoms with Crippen LogP contribution < -0.4 is 5.23 Å². The summed E-state index contributed by atoms with van der Waals surface area (Å²) in [6.07, 6.45) is 2.39. The molecule has 5 heteroatoms. The van der Waals surface area contributed by atoms with E-state index in [4.69, 9.17) is 5.21 Å². The van der Waals surface area contributed by atoms with Crippen molar-refractivity contribution in [3.63, 3.8) is 0 Å². The van der Waals surface area contributed by atoms with Crippen molar-refractivity contribution in [1.82, 2.24) is 4.90 Å². The molecule has 1 saturated heterocycles. The van der Waals surface area contributed by atoms with E-state index in [2.05, 4.69) is 16.7 Å². The molecule has 3 N–H and O–H groups in total. The average Bonchev–Trinajstić information content (AvgIpc) is 3.16. The number of hydrogen-bond acceptors (Lipinski definition) is 4. The first kappa shape index (κ1) is 17.6. The number of nitrogens with one attached hydrogen (secondary N) is 1. The van der Waals surface area contributed by atoms with Gasteiger partial charge in [-0.15, -0.1) is 0 Å². The Bertz CT molecular complexity index is 744. The number of benzene rings is 2. The highest BCUT2D eigenvalue weighted by Gasteiger charge is 2.29. The molecule has 0 aliphatic carbocycles. The van der Waals surface area contributed by atoms with Gasteiger partial charge < -0.3 is 10.3 Å². The Kier molecular flexibility index (Phi) is 5.49. The maximum Gasteiger partial charge on any atom is 0.176 e. The molecule has 130 valence electrons. The van der Waals surface area contributed by atoms with E-state index in [1.54, 1.807) is 12.1 Å². The lowest BCUT2D eigenvalue weighted by atomic mass is 9.87. The predicted octanol–water partition coefficient (Wildman–Crippen LogP) is 1.43. The molecule has 2 aromatic rings. The van der Waals surface area contributed by atoms with Gasteiger partial charge in [-0.25, -0.2) is 5.21 Å². The molecule has 2 aromatic carbocycles. The van der Waals surface area contributed by atoms with Crippen molar-refractivity contribution in [3.05, 3.63) is 70.9 Å². The minimum atomic E-state index is -1.46. The van der Waals surface area contributed by atoms with Crippen LogP contribution in [0.4, 0.5) is 5.69 Å². The van der Waals surface area contributed by atoms with Crippen LogP contribution in [0.15, 0.2) is 54.6 Å². The highest BCUT2D eigenvalue weighted by molar-refractivity contribution is 5.47. The molecule has 0 amide bonds. The van der Waals surface area contributed by atoms with Crippen LogP contribution in [0.3, 0.4) is 0 Å². The molecule has 0 spiro atoms. The van der Waals surface area contributed by atoms with Crippen molar-refractivity contribution in [1.29, 1.82) is 0 Å². The standard InChI is InChI=1S/C20H22N2O3/c23-20(17-7-2-1-3-8-17,13-6-16-21-14-4-5-15-21)18-9-11-19(12-10-18)22(24)25/h1-3,7-12,22-24H,4-5,14-16H2. The first-order chi connectivity index (χ1) is 12.1. The van der Waals surface area contributed by atoms with Gasteiger partial charge in [0.2, 0.25) is 0 Å². The first-order valence-electron chi connectivity index (χ1n) is 8.44. The van der Waals surface area contributed by atoms with Gasteiger partial charge in [0.05, 0.1) is 6.54 Å². The van der Waals surface area contributed by atoms with Crippen LogP contribution in [0.5, 0.6) is 0 Å². The summed E-state index contributed by atoms with van der Waals surface area (Å²) >= 11 is 0. The van der Waals surface area contributed by atoms with Crippen molar-refractivity contribution in [2.24, 2.45) is 0 Å². The van der Waals surface area contributed by atoms with Crippen molar-refractivity contribution in [2.45, 2.75) is 18.4 Å². The minimum Gasteiger partial charge on any atom is -0.595 e. The topological polar surface area (TPSA) is 71.2 Å². The molecule has 2 unspecified atom stereocenters. The fraction of sp³-hybridized carbons (Fsp3) is 0.300. The Morgan fingerprint density at radius 2 is 1.60 bits per heavy atom. The van der Waals surface area contributed by atoms with Crippen molar-refractivity contribution >= 4 is 5.69 Å². The monoisotopic (exact) mass is 338 g/mol. The molecule has 1 heterocycles. The summed E-state index contributed by atoms with van der Waals surface area (Å²) in [5.74, 6) is 6.13. The van der Waals surface area contributed by atoms with Gasteiger partial charge >= 0.3 is 0 Å². The third-order valence-corrected chi connectivity index (χ3v) is 4.51. The van der Waals surface area contributed by atoms with Gasteiger partial charge in [-0.2, -0.15) is 5.23 Å². The number of quaternary nitrogens is 1. The van der Waals surface area contributed by atoms with Crippen LogP contribution in [-0.4, -0.2) is 34.8 Å². The second-order valence-corrected chi connectivity index (χ2v) is 6.24. The maximum absolute atomic E-state index is 11.3. The zero-order chi connectivity index (χ0) is 17.7. The zero-order valence-corrected chi connectivity index (χ0v) is 14.0. The van der Waals surface area contributed by atoms with Crippen molar-refractivity contribution in [2.75, 3.05) is 19.6 Å². The molecule has 1 aliphatic heterocycles. The van der Waals surface area contributed by atoms with E-state index in [0.29, 0.717) is 17.7 Å². The van der Waals surface area contributed by atoms with Gasteiger partial charge in [0, 0.05) is 23.3 Å².